The Morgan fingerprint density at radius 1 is 1.59 bits per heavy atom. The van der Waals surface area contributed by atoms with E-state index in [1.807, 2.05) is 0 Å². The number of ether oxygens (including phenoxy) is 1. The molecule has 0 aliphatic carbocycles. The van der Waals surface area contributed by atoms with E-state index in [1.165, 1.54) is 4.90 Å². The maximum absolute atomic E-state index is 11.8. The van der Waals surface area contributed by atoms with Crippen molar-refractivity contribution in [1.29, 1.82) is 0 Å². The number of urea groups is 1. The van der Waals surface area contributed by atoms with Gasteiger partial charge in [0.05, 0.1) is 19.8 Å². The quantitative estimate of drug-likeness (QED) is 0.836. The largest absolute Gasteiger partial charge is 0.497 e. The Morgan fingerprint density at radius 2 is 2.29 bits per heavy atom. The summed E-state index contributed by atoms with van der Waals surface area (Å²) in [6.45, 7) is 1.70. The summed E-state index contributed by atoms with van der Waals surface area (Å²) in [7, 11) is 3.21. The minimum absolute atomic E-state index is 0.0674. The second-order valence-corrected chi connectivity index (χ2v) is 3.80. The summed E-state index contributed by atoms with van der Waals surface area (Å²) >= 11 is 0. The van der Waals surface area contributed by atoms with Crippen LogP contribution in [0.5, 0.6) is 5.75 Å². The van der Waals surface area contributed by atoms with Crippen molar-refractivity contribution in [1.82, 2.24) is 4.90 Å². The number of benzene rings is 1. The van der Waals surface area contributed by atoms with E-state index in [2.05, 4.69) is 5.32 Å². The van der Waals surface area contributed by atoms with Crippen LogP contribution in [0.3, 0.4) is 0 Å². The van der Waals surface area contributed by atoms with Gasteiger partial charge in [0.15, 0.2) is 0 Å². The topological polar surface area (TPSA) is 61.8 Å². The summed E-state index contributed by atoms with van der Waals surface area (Å²) in [6, 6.07) is 6.62. The predicted molar refractivity (Wildman–Crippen MR) is 66.3 cm³/mol. The Hall–Kier alpha value is -1.75. The van der Waals surface area contributed by atoms with Gasteiger partial charge in [0, 0.05) is 18.8 Å². The molecule has 0 aliphatic rings. The molecular weight excluding hydrogens is 220 g/mol. The number of hydrogen-bond acceptors (Lipinski definition) is 3. The second-order valence-electron chi connectivity index (χ2n) is 3.80. The number of carbonyl (C=O) groups is 1. The zero-order valence-electron chi connectivity index (χ0n) is 10.3. The lowest BCUT2D eigenvalue weighted by atomic mass is 10.3. The first-order chi connectivity index (χ1) is 8.08. The summed E-state index contributed by atoms with van der Waals surface area (Å²) in [4.78, 5) is 13.2. The highest BCUT2D eigenvalue weighted by Gasteiger charge is 2.14. The fraction of sp³-hybridized carbons (Fsp3) is 0.417. The van der Waals surface area contributed by atoms with Gasteiger partial charge in [0.1, 0.15) is 5.75 Å². The molecule has 0 unspecified atom stereocenters. The summed E-state index contributed by atoms with van der Waals surface area (Å²) in [5.74, 6) is 0.681. The Labute approximate surface area is 101 Å². The van der Waals surface area contributed by atoms with Crippen LogP contribution in [-0.4, -0.2) is 42.8 Å². The molecular formula is C12H18N2O3. The van der Waals surface area contributed by atoms with Crippen LogP contribution in [0.15, 0.2) is 24.3 Å². The van der Waals surface area contributed by atoms with Crippen LogP contribution >= 0.6 is 0 Å². The van der Waals surface area contributed by atoms with Crippen LogP contribution in [0, 0.1) is 0 Å². The highest BCUT2D eigenvalue weighted by molar-refractivity contribution is 5.89. The smallest absolute Gasteiger partial charge is 0.321 e. The van der Waals surface area contributed by atoms with Gasteiger partial charge < -0.3 is 20.1 Å². The van der Waals surface area contributed by atoms with Crippen LogP contribution < -0.4 is 10.1 Å². The summed E-state index contributed by atoms with van der Waals surface area (Å²) in [5.41, 5.74) is 0.659. The number of amides is 2. The zero-order chi connectivity index (χ0) is 12.8. The number of hydrogen-bond donors (Lipinski definition) is 2. The average molecular weight is 238 g/mol. The van der Waals surface area contributed by atoms with E-state index >= 15 is 0 Å². The third-order valence-electron chi connectivity index (χ3n) is 2.57. The average Bonchev–Trinajstić information content (AvgIpc) is 2.37. The highest BCUT2D eigenvalue weighted by Crippen LogP contribution is 2.17. The van der Waals surface area contributed by atoms with Gasteiger partial charge in [-0.05, 0) is 19.1 Å². The molecule has 2 N–H and O–H groups in total. The van der Waals surface area contributed by atoms with Crippen molar-refractivity contribution in [3.8, 4) is 5.75 Å². The maximum Gasteiger partial charge on any atom is 0.321 e. The van der Waals surface area contributed by atoms with E-state index in [0.29, 0.717) is 11.4 Å². The van der Waals surface area contributed by atoms with Crippen molar-refractivity contribution in [2.24, 2.45) is 0 Å². The summed E-state index contributed by atoms with van der Waals surface area (Å²) in [5, 5.41) is 11.7. The molecule has 0 fully saturated rings. The molecule has 0 saturated carbocycles. The predicted octanol–water partition coefficient (Wildman–Crippen LogP) is 1.54. The third-order valence-corrected chi connectivity index (χ3v) is 2.57. The van der Waals surface area contributed by atoms with E-state index in [1.54, 1.807) is 45.3 Å². The number of methoxy groups -OCH3 is 1. The number of aliphatic hydroxyl groups is 1. The molecule has 1 aromatic carbocycles. The molecule has 0 bridgehead atoms. The molecule has 0 heterocycles. The lowest BCUT2D eigenvalue weighted by Crippen LogP contribution is -2.40. The molecule has 1 rings (SSSR count). The van der Waals surface area contributed by atoms with E-state index in [-0.39, 0.29) is 18.7 Å². The van der Waals surface area contributed by atoms with Crippen molar-refractivity contribution in [2.75, 3.05) is 26.1 Å². The lowest BCUT2D eigenvalue weighted by molar-refractivity contribution is 0.166. The molecule has 0 radical (unpaired) electrons. The summed E-state index contributed by atoms with van der Waals surface area (Å²) < 4.78 is 5.06. The molecule has 5 nitrogen and oxygen atoms in total. The molecule has 0 aromatic heterocycles. The number of nitrogens with one attached hydrogen (secondary N) is 1. The molecule has 0 saturated heterocycles. The van der Waals surface area contributed by atoms with Crippen molar-refractivity contribution in [3.63, 3.8) is 0 Å². The fourth-order valence-corrected chi connectivity index (χ4v) is 1.24. The number of nitrogens with zero attached hydrogens (tertiary/aromatic N) is 1. The molecule has 2 amide bonds. The van der Waals surface area contributed by atoms with Gasteiger partial charge in [-0.2, -0.15) is 0 Å². The van der Waals surface area contributed by atoms with Crippen molar-refractivity contribution in [3.05, 3.63) is 24.3 Å². The van der Waals surface area contributed by atoms with Crippen LogP contribution in [0.4, 0.5) is 10.5 Å². The Balaban J connectivity index is 2.67. The van der Waals surface area contributed by atoms with Crippen LogP contribution in [-0.2, 0) is 0 Å². The van der Waals surface area contributed by atoms with Crippen LogP contribution in [0.1, 0.15) is 6.92 Å². The molecule has 17 heavy (non-hydrogen) atoms. The minimum Gasteiger partial charge on any atom is -0.497 e. The van der Waals surface area contributed by atoms with Gasteiger partial charge in [0.2, 0.25) is 0 Å². The first kappa shape index (κ1) is 13.3. The van der Waals surface area contributed by atoms with E-state index in [9.17, 15) is 4.79 Å². The van der Waals surface area contributed by atoms with Gasteiger partial charge >= 0.3 is 6.03 Å². The Bertz CT molecular complexity index is 382. The SMILES string of the molecule is COc1cccc(NC(=O)N(C)[C@@H](C)CO)c1. The van der Waals surface area contributed by atoms with Gasteiger partial charge in [-0.15, -0.1) is 0 Å². The highest BCUT2D eigenvalue weighted by atomic mass is 16.5. The van der Waals surface area contributed by atoms with Crippen molar-refractivity contribution < 1.29 is 14.6 Å². The number of aliphatic hydroxyl groups excluding tert-OH is 1. The third kappa shape index (κ3) is 3.64. The zero-order valence-corrected chi connectivity index (χ0v) is 10.3. The van der Waals surface area contributed by atoms with Gasteiger partial charge in [0.25, 0.3) is 0 Å². The number of rotatable bonds is 4. The maximum atomic E-state index is 11.8. The Kier molecular flexibility index (Phi) is 4.78. The van der Waals surface area contributed by atoms with Gasteiger partial charge in [-0.3, -0.25) is 0 Å². The van der Waals surface area contributed by atoms with Gasteiger partial charge in [-0.1, -0.05) is 6.07 Å². The van der Waals surface area contributed by atoms with Crippen molar-refractivity contribution >= 4 is 11.7 Å². The van der Waals surface area contributed by atoms with Crippen LogP contribution in [0.25, 0.3) is 0 Å². The molecule has 1 aromatic rings. The summed E-state index contributed by atoms with van der Waals surface area (Å²) in [6.07, 6.45) is 0. The molecule has 94 valence electrons. The molecule has 1 atom stereocenters. The first-order valence-corrected chi connectivity index (χ1v) is 5.37. The standard InChI is InChI=1S/C12H18N2O3/c1-9(8-15)14(2)12(16)13-10-5-4-6-11(7-10)17-3/h4-7,9,15H,8H2,1-3H3,(H,13,16)/t9-/m0/s1. The molecule has 0 spiro atoms. The normalized spacial score (nSPS) is 11.8. The van der Waals surface area contributed by atoms with Gasteiger partial charge in [-0.25, -0.2) is 4.79 Å². The van der Waals surface area contributed by atoms with E-state index in [4.69, 9.17) is 9.84 Å². The van der Waals surface area contributed by atoms with Crippen molar-refractivity contribution in [2.45, 2.75) is 13.0 Å². The fourth-order valence-electron chi connectivity index (χ4n) is 1.24. The minimum atomic E-state index is -0.264. The monoisotopic (exact) mass is 238 g/mol. The molecule has 0 aliphatic heterocycles. The van der Waals surface area contributed by atoms with E-state index < -0.39 is 0 Å². The second kappa shape index (κ2) is 6.10. The Morgan fingerprint density at radius 3 is 2.88 bits per heavy atom. The number of likely N-dealkylation sites (N-methyl/N-ethyl adjacent to an activating group) is 1. The molecule has 5 heteroatoms. The number of anilines is 1. The first-order valence-electron chi connectivity index (χ1n) is 5.37. The number of carbonyl (C=O) groups excluding carboxylic acids is 1. The van der Waals surface area contributed by atoms with Crippen LogP contribution in [0.2, 0.25) is 0 Å². The lowest BCUT2D eigenvalue weighted by Gasteiger charge is -2.23. The van der Waals surface area contributed by atoms with E-state index in [0.717, 1.165) is 0 Å².